The van der Waals surface area contributed by atoms with Crippen molar-refractivity contribution < 1.29 is 4.79 Å². The van der Waals surface area contributed by atoms with Crippen molar-refractivity contribution in [2.45, 2.75) is 13.3 Å². The number of nitrogens with zero attached hydrogens (tertiary/aromatic N) is 2. The number of aryl methyl sites for hydroxylation is 1. The molecular formula is C13H12BrN3O. The summed E-state index contributed by atoms with van der Waals surface area (Å²) >= 11 is 3.41. The van der Waals surface area contributed by atoms with Gasteiger partial charge in [0.2, 0.25) is 0 Å². The Bertz CT molecular complexity index is 557. The maximum Gasteiger partial charge on any atom is 0.275 e. The maximum atomic E-state index is 11.9. The van der Waals surface area contributed by atoms with Crippen LogP contribution in [0.2, 0.25) is 0 Å². The Morgan fingerprint density at radius 2 is 2.22 bits per heavy atom. The Kier molecular flexibility index (Phi) is 4.04. The molecule has 0 saturated carbocycles. The van der Waals surface area contributed by atoms with E-state index in [9.17, 15) is 4.79 Å². The van der Waals surface area contributed by atoms with Gasteiger partial charge in [0.15, 0.2) is 0 Å². The molecule has 0 unspecified atom stereocenters. The van der Waals surface area contributed by atoms with Crippen molar-refractivity contribution in [1.82, 2.24) is 9.97 Å². The number of hydrogen-bond donors (Lipinski definition) is 1. The number of carbonyl (C=O) groups excluding carboxylic acids is 1. The van der Waals surface area contributed by atoms with E-state index < -0.39 is 0 Å². The normalized spacial score (nSPS) is 10.1. The van der Waals surface area contributed by atoms with Crippen molar-refractivity contribution in [3.63, 3.8) is 0 Å². The summed E-state index contributed by atoms with van der Waals surface area (Å²) in [6.07, 6.45) is 5.32. The summed E-state index contributed by atoms with van der Waals surface area (Å²) in [7, 11) is 0. The first kappa shape index (κ1) is 12.7. The van der Waals surface area contributed by atoms with Gasteiger partial charge in [-0.3, -0.25) is 9.78 Å². The molecule has 0 fully saturated rings. The van der Waals surface area contributed by atoms with Crippen LogP contribution in [0.3, 0.4) is 0 Å². The molecule has 92 valence electrons. The Labute approximate surface area is 114 Å². The lowest BCUT2D eigenvalue weighted by Gasteiger charge is -2.09. The van der Waals surface area contributed by atoms with Gasteiger partial charge in [-0.15, -0.1) is 0 Å². The van der Waals surface area contributed by atoms with Crippen LogP contribution >= 0.6 is 15.9 Å². The summed E-state index contributed by atoms with van der Waals surface area (Å²) in [6, 6.07) is 5.76. The van der Waals surface area contributed by atoms with Crippen LogP contribution < -0.4 is 5.32 Å². The lowest BCUT2D eigenvalue weighted by Crippen LogP contribution is -2.14. The molecule has 1 heterocycles. The Morgan fingerprint density at radius 3 is 2.89 bits per heavy atom. The first-order valence-corrected chi connectivity index (χ1v) is 6.36. The molecule has 0 aliphatic rings. The van der Waals surface area contributed by atoms with Gasteiger partial charge in [-0.1, -0.05) is 22.9 Å². The molecule has 0 spiro atoms. The van der Waals surface area contributed by atoms with Crippen LogP contribution in [0.1, 0.15) is 23.0 Å². The average Bonchev–Trinajstić information content (AvgIpc) is 2.41. The third-order valence-electron chi connectivity index (χ3n) is 2.49. The lowest BCUT2D eigenvalue weighted by molar-refractivity contribution is 0.102. The largest absolute Gasteiger partial charge is 0.320 e. The van der Waals surface area contributed by atoms with Crippen molar-refractivity contribution in [1.29, 1.82) is 0 Å². The van der Waals surface area contributed by atoms with Gasteiger partial charge in [0.05, 0.1) is 6.20 Å². The monoisotopic (exact) mass is 305 g/mol. The zero-order valence-electron chi connectivity index (χ0n) is 9.85. The van der Waals surface area contributed by atoms with Gasteiger partial charge in [0, 0.05) is 22.6 Å². The molecule has 2 rings (SSSR count). The van der Waals surface area contributed by atoms with Gasteiger partial charge in [-0.2, -0.15) is 0 Å². The van der Waals surface area contributed by atoms with E-state index in [1.807, 2.05) is 25.1 Å². The minimum absolute atomic E-state index is 0.250. The predicted octanol–water partition coefficient (Wildman–Crippen LogP) is 3.05. The second-order valence-corrected chi connectivity index (χ2v) is 4.62. The molecule has 1 amide bonds. The molecule has 0 aliphatic carbocycles. The summed E-state index contributed by atoms with van der Waals surface area (Å²) < 4.78 is 0.997. The summed E-state index contributed by atoms with van der Waals surface area (Å²) in [5.74, 6) is -0.250. The van der Waals surface area contributed by atoms with Crippen molar-refractivity contribution in [3.05, 3.63) is 52.5 Å². The number of amides is 1. The minimum atomic E-state index is -0.250. The lowest BCUT2D eigenvalue weighted by atomic mass is 10.1. The third-order valence-corrected chi connectivity index (χ3v) is 2.99. The number of halogens is 1. The zero-order valence-corrected chi connectivity index (χ0v) is 11.4. The molecule has 0 saturated heterocycles. The summed E-state index contributed by atoms with van der Waals surface area (Å²) in [5.41, 5.74) is 2.18. The third kappa shape index (κ3) is 2.92. The standard InChI is InChI=1S/C13H12BrN3O/c1-2-9-7-10(14)3-4-11(9)17-13(18)12-8-15-5-6-16-12/h3-8H,2H2,1H3,(H,17,18). The van der Waals surface area contributed by atoms with Crippen molar-refractivity contribution in [3.8, 4) is 0 Å². The van der Waals surface area contributed by atoms with E-state index in [4.69, 9.17) is 0 Å². The Morgan fingerprint density at radius 1 is 1.39 bits per heavy atom. The van der Waals surface area contributed by atoms with E-state index >= 15 is 0 Å². The Hall–Kier alpha value is -1.75. The van der Waals surface area contributed by atoms with Crippen LogP contribution in [0.25, 0.3) is 0 Å². The van der Waals surface area contributed by atoms with Gasteiger partial charge in [0.25, 0.3) is 5.91 Å². The van der Waals surface area contributed by atoms with Gasteiger partial charge in [-0.25, -0.2) is 4.98 Å². The van der Waals surface area contributed by atoms with E-state index in [1.54, 1.807) is 0 Å². The number of benzene rings is 1. The van der Waals surface area contributed by atoms with Crippen LogP contribution in [-0.2, 0) is 6.42 Å². The zero-order chi connectivity index (χ0) is 13.0. The average molecular weight is 306 g/mol. The fraction of sp³-hybridized carbons (Fsp3) is 0.154. The second-order valence-electron chi connectivity index (χ2n) is 3.70. The highest BCUT2D eigenvalue weighted by molar-refractivity contribution is 9.10. The predicted molar refractivity (Wildman–Crippen MR) is 73.5 cm³/mol. The highest BCUT2D eigenvalue weighted by Crippen LogP contribution is 2.21. The highest BCUT2D eigenvalue weighted by atomic mass is 79.9. The molecule has 18 heavy (non-hydrogen) atoms. The number of anilines is 1. The first-order chi connectivity index (χ1) is 8.70. The fourth-order valence-corrected chi connectivity index (χ4v) is 1.99. The SMILES string of the molecule is CCc1cc(Br)ccc1NC(=O)c1cnccn1. The molecule has 0 radical (unpaired) electrons. The summed E-state index contributed by atoms with van der Waals surface area (Å²) in [6.45, 7) is 2.04. The molecule has 0 aliphatic heterocycles. The van der Waals surface area contributed by atoms with Gasteiger partial charge >= 0.3 is 0 Å². The van der Waals surface area contributed by atoms with Crippen LogP contribution in [0.5, 0.6) is 0 Å². The summed E-state index contributed by atoms with van der Waals surface area (Å²) in [5, 5.41) is 2.84. The number of nitrogens with one attached hydrogen (secondary N) is 1. The van der Waals surface area contributed by atoms with E-state index in [0.29, 0.717) is 5.69 Å². The molecule has 2 aromatic rings. The molecule has 1 N–H and O–H groups in total. The first-order valence-electron chi connectivity index (χ1n) is 5.56. The second kappa shape index (κ2) is 5.73. The van der Waals surface area contributed by atoms with E-state index in [0.717, 1.165) is 22.1 Å². The van der Waals surface area contributed by atoms with Gasteiger partial charge in [-0.05, 0) is 30.2 Å². The van der Waals surface area contributed by atoms with Crippen molar-refractivity contribution >= 4 is 27.5 Å². The number of carbonyl (C=O) groups is 1. The van der Waals surface area contributed by atoms with Gasteiger partial charge < -0.3 is 5.32 Å². The van der Waals surface area contributed by atoms with E-state index in [2.05, 4.69) is 31.2 Å². The summed E-state index contributed by atoms with van der Waals surface area (Å²) in [4.78, 5) is 19.8. The molecule has 1 aromatic carbocycles. The van der Waals surface area contributed by atoms with Crippen LogP contribution in [-0.4, -0.2) is 15.9 Å². The van der Waals surface area contributed by atoms with Crippen molar-refractivity contribution in [2.24, 2.45) is 0 Å². The topological polar surface area (TPSA) is 54.9 Å². The highest BCUT2D eigenvalue weighted by Gasteiger charge is 2.09. The smallest absolute Gasteiger partial charge is 0.275 e. The fourth-order valence-electron chi connectivity index (χ4n) is 1.58. The molecule has 1 aromatic heterocycles. The van der Waals surface area contributed by atoms with E-state index in [-0.39, 0.29) is 5.91 Å². The molecule has 0 atom stereocenters. The number of hydrogen-bond acceptors (Lipinski definition) is 3. The number of aromatic nitrogens is 2. The van der Waals surface area contributed by atoms with Crippen LogP contribution in [0.4, 0.5) is 5.69 Å². The van der Waals surface area contributed by atoms with Crippen molar-refractivity contribution in [2.75, 3.05) is 5.32 Å². The minimum Gasteiger partial charge on any atom is -0.320 e. The molecular weight excluding hydrogens is 294 g/mol. The Balaban J connectivity index is 2.22. The quantitative estimate of drug-likeness (QED) is 0.948. The van der Waals surface area contributed by atoms with Gasteiger partial charge in [0.1, 0.15) is 5.69 Å². The van der Waals surface area contributed by atoms with Crippen LogP contribution in [0, 0.1) is 0 Å². The molecule has 5 heteroatoms. The number of rotatable bonds is 3. The molecule has 0 bridgehead atoms. The molecule has 4 nitrogen and oxygen atoms in total. The van der Waals surface area contributed by atoms with E-state index in [1.165, 1.54) is 18.6 Å². The maximum absolute atomic E-state index is 11.9. The van der Waals surface area contributed by atoms with Crippen LogP contribution in [0.15, 0.2) is 41.3 Å².